The molecule has 1 fully saturated rings. The SMILES string of the molecule is CCCc1c(NC)ncnc1SCC1(CC(=O)OC)CC1. The molecular formula is C15H23N3O2S. The normalized spacial score (nSPS) is 15.6. The predicted molar refractivity (Wildman–Crippen MR) is 84.6 cm³/mol. The van der Waals surface area contributed by atoms with Crippen molar-refractivity contribution in [3.63, 3.8) is 0 Å². The first kappa shape index (κ1) is 16.1. The van der Waals surface area contributed by atoms with Crippen molar-refractivity contribution in [2.75, 3.05) is 25.2 Å². The summed E-state index contributed by atoms with van der Waals surface area (Å²) in [7, 11) is 3.34. The number of rotatable bonds is 8. The van der Waals surface area contributed by atoms with E-state index in [9.17, 15) is 4.79 Å². The average molecular weight is 309 g/mol. The Morgan fingerprint density at radius 3 is 2.81 bits per heavy atom. The summed E-state index contributed by atoms with van der Waals surface area (Å²) in [6, 6.07) is 0. The summed E-state index contributed by atoms with van der Waals surface area (Å²) < 4.78 is 4.79. The van der Waals surface area contributed by atoms with E-state index in [4.69, 9.17) is 4.74 Å². The zero-order chi connectivity index (χ0) is 15.3. The lowest BCUT2D eigenvalue weighted by Crippen LogP contribution is -2.13. The molecule has 1 aromatic rings. The zero-order valence-corrected chi connectivity index (χ0v) is 13.8. The van der Waals surface area contributed by atoms with Crippen molar-refractivity contribution in [2.45, 2.75) is 44.1 Å². The maximum Gasteiger partial charge on any atom is 0.306 e. The van der Waals surface area contributed by atoms with Crippen molar-refractivity contribution in [1.29, 1.82) is 0 Å². The molecule has 5 nitrogen and oxygen atoms in total. The van der Waals surface area contributed by atoms with Crippen LogP contribution in [0.2, 0.25) is 0 Å². The summed E-state index contributed by atoms with van der Waals surface area (Å²) in [5.74, 6) is 1.71. The largest absolute Gasteiger partial charge is 0.469 e. The minimum absolute atomic E-state index is 0.111. The number of carbonyl (C=O) groups excluding carboxylic acids is 1. The summed E-state index contributed by atoms with van der Waals surface area (Å²) in [6.45, 7) is 2.15. The third-order valence-electron chi connectivity index (χ3n) is 3.86. The summed E-state index contributed by atoms with van der Waals surface area (Å²) in [5.41, 5.74) is 1.30. The van der Waals surface area contributed by atoms with E-state index >= 15 is 0 Å². The minimum Gasteiger partial charge on any atom is -0.469 e. The zero-order valence-electron chi connectivity index (χ0n) is 12.9. The van der Waals surface area contributed by atoms with E-state index < -0.39 is 0 Å². The van der Waals surface area contributed by atoms with Crippen LogP contribution >= 0.6 is 11.8 Å². The van der Waals surface area contributed by atoms with Crippen LogP contribution in [-0.2, 0) is 16.0 Å². The molecule has 0 atom stereocenters. The van der Waals surface area contributed by atoms with Gasteiger partial charge < -0.3 is 10.1 Å². The van der Waals surface area contributed by atoms with Crippen molar-refractivity contribution in [3.8, 4) is 0 Å². The summed E-state index contributed by atoms with van der Waals surface area (Å²) in [6.07, 6.45) is 6.34. The number of hydrogen-bond donors (Lipinski definition) is 1. The first-order chi connectivity index (χ1) is 10.1. The van der Waals surface area contributed by atoms with Crippen molar-refractivity contribution in [3.05, 3.63) is 11.9 Å². The van der Waals surface area contributed by atoms with Crippen LogP contribution in [0.5, 0.6) is 0 Å². The number of hydrogen-bond acceptors (Lipinski definition) is 6. The Kier molecular flexibility index (Phi) is 5.45. The van der Waals surface area contributed by atoms with E-state index in [1.807, 2.05) is 7.05 Å². The number of anilines is 1. The number of methoxy groups -OCH3 is 1. The van der Waals surface area contributed by atoms with E-state index in [1.54, 1.807) is 18.1 Å². The lowest BCUT2D eigenvalue weighted by Gasteiger charge is -2.15. The van der Waals surface area contributed by atoms with Crippen LogP contribution in [0.15, 0.2) is 11.4 Å². The lowest BCUT2D eigenvalue weighted by atomic mass is 10.1. The Hall–Kier alpha value is -1.30. The maximum absolute atomic E-state index is 11.5. The van der Waals surface area contributed by atoms with Gasteiger partial charge in [0.1, 0.15) is 17.2 Å². The van der Waals surface area contributed by atoms with Crippen molar-refractivity contribution in [1.82, 2.24) is 9.97 Å². The predicted octanol–water partition coefficient (Wildman–Crippen LogP) is 2.91. The van der Waals surface area contributed by atoms with Gasteiger partial charge in [-0.15, -0.1) is 11.8 Å². The Morgan fingerprint density at radius 1 is 1.48 bits per heavy atom. The molecule has 0 saturated heterocycles. The molecule has 0 amide bonds. The lowest BCUT2D eigenvalue weighted by molar-refractivity contribution is -0.141. The number of esters is 1. The number of thioether (sulfide) groups is 1. The highest BCUT2D eigenvalue weighted by atomic mass is 32.2. The molecule has 0 radical (unpaired) electrons. The second-order valence-electron chi connectivity index (χ2n) is 5.55. The molecule has 21 heavy (non-hydrogen) atoms. The number of nitrogens with zero attached hydrogens (tertiary/aromatic N) is 2. The monoisotopic (exact) mass is 309 g/mol. The van der Waals surface area contributed by atoms with E-state index in [0.717, 1.165) is 42.3 Å². The van der Waals surface area contributed by atoms with Crippen LogP contribution < -0.4 is 5.32 Å². The Balaban J connectivity index is 2.04. The van der Waals surface area contributed by atoms with E-state index in [-0.39, 0.29) is 11.4 Å². The summed E-state index contributed by atoms with van der Waals surface area (Å²) in [5, 5.41) is 4.17. The highest BCUT2D eigenvalue weighted by molar-refractivity contribution is 7.99. The van der Waals surface area contributed by atoms with Gasteiger partial charge in [-0.2, -0.15) is 0 Å². The smallest absolute Gasteiger partial charge is 0.306 e. The summed E-state index contributed by atoms with van der Waals surface area (Å²) in [4.78, 5) is 20.2. The standard InChI is InChI=1S/C15H23N3O2S/c1-4-5-11-13(16-2)17-10-18-14(11)21-9-15(6-7-15)8-12(19)20-3/h10H,4-9H2,1-3H3,(H,16,17,18). The number of aromatic nitrogens is 2. The van der Waals surface area contributed by atoms with Gasteiger partial charge in [0.2, 0.25) is 0 Å². The van der Waals surface area contributed by atoms with Crippen LogP contribution in [0.4, 0.5) is 5.82 Å². The van der Waals surface area contributed by atoms with Crippen LogP contribution in [0, 0.1) is 5.41 Å². The molecular weight excluding hydrogens is 286 g/mol. The molecule has 0 spiro atoms. The Labute approximate surface area is 130 Å². The second-order valence-corrected chi connectivity index (χ2v) is 6.51. The molecule has 1 saturated carbocycles. The fraction of sp³-hybridized carbons (Fsp3) is 0.667. The van der Waals surface area contributed by atoms with Gasteiger partial charge in [0, 0.05) is 18.4 Å². The van der Waals surface area contributed by atoms with Gasteiger partial charge in [0.15, 0.2) is 0 Å². The topological polar surface area (TPSA) is 64.1 Å². The summed E-state index contributed by atoms with van der Waals surface area (Å²) >= 11 is 1.74. The minimum atomic E-state index is -0.111. The van der Waals surface area contributed by atoms with Crippen LogP contribution in [0.1, 0.15) is 38.2 Å². The van der Waals surface area contributed by atoms with Crippen molar-refractivity contribution >= 4 is 23.5 Å². The van der Waals surface area contributed by atoms with Crippen molar-refractivity contribution < 1.29 is 9.53 Å². The maximum atomic E-state index is 11.5. The number of nitrogens with one attached hydrogen (secondary N) is 1. The van der Waals surface area contributed by atoms with Gasteiger partial charge in [-0.1, -0.05) is 13.3 Å². The van der Waals surface area contributed by atoms with Gasteiger partial charge in [0.05, 0.1) is 13.5 Å². The van der Waals surface area contributed by atoms with E-state index in [0.29, 0.717) is 6.42 Å². The molecule has 0 unspecified atom stereocenters. The third kappa shape index (κ3) is 4.09. The molecule has 116 valence electrons. The molecule has 1 N–H and O–H groups in total. The highest BCUT2D eigenvalue weighted by Gasteiger charge is 2.44. The molecule has 2 rings (SSSR count). The Bertz CT molecular complexity index is 504. The molecule has 1 aliphatic rings. The van der Waals surface area contributed by atoms with Gasteiger partial charge >= 0.3 is 5.97 Å². The molecule has 0 bridgehead atoms. The van der Waals surface area contributed by atoms with Gasteiger partial charge in [-0.25, -0.2) is 9.97 Å². The highest BCUT2D eigenvalue weighted by Crippen LogP contribution is 2.52. The average Bonchev–Trinajstić information content (AvgIpc) is 3.26. The van der Waals surface area contributed by atoms with Crippen LogP contribution in [0.25, 0.3) is 0 Å². The Morgan fingerprint density at radius 2 is 2.24 bits per heavy atom. The van der Waals surface area contributed by atoms with Gasteiger partial charge in [-0.3, -0.25) is 4.79 Å². The fourth-order valence-electron chi connectivity index (χ4n) is 2.36. The molecule has 1 aromatic heterocycles. The van der Waals surface area contributed by atoms with Crippen LogP contribution in [0.3, 0.4) is 0 Å². The first-order valence-electron chi connectivity index (χ1n) is 7.35. The quantitative estimate of drug-likeness (QED) is 0.452. The number of carbonyl (C=O) groups is 1. The number of ether oxygens (including phenoxy) is 1. The van der Waals surface area contributed by atoms with E-state index in [1.165, 1.54) is 12.7 Å². The molecule has 0 aromatic carbocycles. The fourth-order valence-corrected chi connectivity index (χ4v) is 3.69. The third-order valence-corrected chi connectivity index (χ3v) is 5.24. The van der Waals surface area contributed by atoms with Crippen molar-refractivity contribution in [2.24, 2.45) is 5.41 Å². The molecule has 1 heterocycles. The first-order valence-corrected chi connectivity index (χ1v) is 8.34. The van der Waals surface area contributed by atoms with Gasteiger partial charge in [0.25, 0.3) is 0 Å². The molecule has 6 heteroatoms. The molecule has 1 aliphatic carbocycles. The molecule has 0 aliphatic heterocycles. The van der Waals surface area contributed by atoms with Crippen LogP contribution in [-0.4, -0.2) is 35.8 Å². The van der Waals surface area contributed by atoms with Gasteiger partial charge in [-0.05, 0) is 24.7 Å². The van der Waals surface area contributed by atoms with E-state index in [2.05, 4.69) is 22.2 Å². The second kappa shape index (κ2) is 7.11.